The summed E-state index contributed by atoms with van der Waals surface area (Å²) in [6.07, 6.45) is 0. The molecule has 146 valence electrons. The molecule has 0 saturated heterocycles. The van der Waals surface area contributed by atoms with Crippen molar-refractivity contribution in [2.75, 3.05) is 0 Å². The van der Waals surface area contributed by atoms with Crippen LogP contribution in [0.2, 0.25) is 0 Å². The topological polar surface area (TPSA) is 98.1 Å². The van der Waals surface area contributed by atoms with Gasteiger partial charge in [0.05, 0.1) is 16.5 Å². The molecular formula is C23H15N3O4. The summed E-state index contributed by atoms with van der Waals surface area (Å²) in [5.74, 6) is 1.15. The van der Waals surface area contributed by atoms with Crippen molar-refractivity contribution in [2.45, 2.75) is 6.61 Å². The highest BCUT2D eigenvalue weighted by Gasteiger charge is 2.15. The molecule has 1 N–H and O–H groups in total. The molecule has 0 atom stereocenters. The summed E-state index contributed by atoms with van der Waals surface area (Å²) in [4.78, 5) is 28.6. The minimum absolute atomic E-state index is 0.1000. The van der Waals surface area contributed by atoms with Gasteiger partial charge in [-0.25, -0.2) is 0 Å². The van der Waals surface area contributed by atoms with Gasteiger partial charge in [0.1, 0.15) is 5.75 Å². The van der Waals surface area contributed by atoms with Crippen molar-refractivity contribution in [3.05, 3.63) is 99.3 Å². The predicted molar refractivity (Wildman–Crippen MR) is 112 cm³/mol. The van der Waals surface area contributed by atoms with E-state index in [2.05, 4.69) is 15.2 Å². The normalized spacial score (nSPS) is 11.1. The molecule has 0 saturated carbocycles. The Kier molecular flexibility index (Phi) is 4.33. The van der Waals surface area contributed by atoms with Crippen LogP contribution in [0.15, 0.2) is 86.8 Å². The van der Waals surface area contributed by atoms with Crippen LogP contribution in [0.3, 0.4) is 0 Å². The van der Waals surface area contributed by atoms with E-state index in [-0.39, 0.29) is 29.4 Å². The molecule has 3 aromatic carbocycles. The summed E-state index contributed by atoms with van der Waals surface area (Å²) in [6, 6.07) is 21.1. The molecule has 0 unspecified atom stereocenters. The fraction of sp³-hybridized carbons (Fsp3) is 0.0435. The maximum Gasteiger partial charge on any atom is 0.256 e. The van der Waals surface area contributed by atoms with E-state index < -0.39 is 0 Å². The lowest BCUT2D eigenvalue weighted by atomic mass is 10.1. The van der Waals surface area contributed by atoms with E-state index in [1.807, 2.05) is 30.3 Å². The van der Waals surface area contributed by atoms with Gasteiger partial charge < -0.3 is 14.1 Å². The van der Waals surface area contributed by atoms with E-state index in [0.717, 1.165) is 0 Å². The van der Waals surface area contributed by atoms with Gasteiger partial charge in [-0.3, -0.25) is 9.59 Å². The molecule has 7 heteroatoms. The Morgan fingerprint density at radius 3 is 2.37 bits per heavy atom. The average molecular weight is 397 g/mol. The van der Waals surface area contributed by atoms with Gasteiger partial charge in [-0.05, 0) is 30.3 Å². The number of hydrogen-bond acceptors (Lipinski definition) is 6. The Hall–Kier alpha value is -4.26. The molecule has 0 aliphatic heterocycles. The van der Waals surface area contributed by atoms with Gasteiger partial charge in [0.25, 0.3) is 11.4 Å². The second-order valence-corrected chi connectivity index (χ2v) is 6.66. The lowest BCUT2D eigenvalue weighted by Crippen LogP contribution is -2.02. The number of nitrogens with zero attached hydrogens (tertiary/aromatic N) is 2. The Morgan fingerprint density at radius 1 is 0.800 bits per heavy atom. The fourth-order valence-electron chi connectivity index (χ4n) is 3.34. The van der Waals surface area contributed by atoms with Gasteiger partial charge in [-0.15, -0.1) is 10.2 Å². The molecule has 0 aliphatic rings. The zero-order valence-electron chi connectivity index (χ0n) is 15.7. The van der Waals surface area contributed by atoms with Crippen molar-refractivity contribution in [3.8, 4) is 17.2 Å². The molecule has 2 aromatic heterocycles. The molecule has 5 aromatic rings. The van der Waals surface area contributed by atoms with Gasteiger partial charge in [0, 0.05) is 10.8 Å². The highest BCUT2D eigenvalue weighted by Crippen LogP contribution is 2.25. The molecule has 2 heterocycles. The van der Waals surface area contributed by atoms with Gasteiger partial charge in [-0.1, -0.05) is 42.5 Å². The predicted octanol–water partition coefficient (Wildman–Crippen LogP) is 3.67. The second-order valence-electron chi connectivity index (χ2n) is 6.66. The Labute approximate surface area is 169 Å². The number of para-hydroxylation sites is 2. The molecule has 30 heavy (non-hydrogen) atoms. The number of H-pyrrole nitrogens is 1. The number of aromatic nitrogens is 3. The largest absolute Gasteiger partial charge is 0.484 e. The summed E-state index contributed by atoms with van der Waals surface area (Å²) in [5, 5.41) is 9.14. The van der Waals surface area contributed by atoms with Crippen LogP contribution in [0, 0.1) is 0 Å². The van der Waals surface area contributed by atoms with Gasteiger partial charge in [0.15, 0.2) is 12.0 Å². The monoisotopic (exact) mass is 397 g/mol. The number of hydrogen-bond donors (Lipinski definition) is 1. The van der Waals surface area contributed by atoms with Crippen LogP contribution < -0.4 is 15.7 Å². The number of benzene rings is 3. The summed E-state index contributed by atoms with van der Waals surface area (Å²) in [7, 11) is 0. The van der Waals surface area contributed by atoms with Gasteiger partial charge in [0.2, 0.25) is 5.89 Å². The smallest absolute Gasteiger partial charge is 0.256 e. The van der Waals surface area contributed by atoms with Crippen LogP contribution >= 0.6 is 0 Å². The third kappa shape index (κ3) is 3.12. The second kappa shape index (κ2) is 7.29. The molecule has 0 bridgehead atoms. The summed E-state index contributed by atoms with van der Waals surface area (Å²) < 4.78 is 11.4. The first-order valence-electron chi connectivity index (χ1n) is 9.29. The number of ether oxygens (including phenoxy) is 1. The minimum atomic E-state index is -0.364. The summed E-state index contributed by atoms with van der Waals surface area (Å²) >= 11 is 0. The maximum absolute atomic E-state index is 13.0. The highest BCUT2D eigenvalue weighted by atomic mass is 16.5. The average Bonchev–Trinajstić information content (AvgIpc) is 3.23. The molecule has 0 fully saturated rings. The molecule has 0 amide bonds. The van der Waals surface area contributed by atoms with Crippen molar-refractivity contribution in [1.82, 2.24) is 15.2 Å². The molecular weight excluding hydrogens is 382 g/mol. The lowest BCUT2D eigenvalue weighted by molar-refractivity contribution is 0.264. The van der Waals surface area contributed by atoms with Crippen molar-refractivity contribution in [2.24, 2.45) is 0 Å². The van der Waals surface area contributed by atoms with Gasteiger partial charge >= 0.3 is 0 Å². The lowest BCUT2D eigenvalue weighted by Gasteiger charge is -2.02. The SMILES string of the molecule is O=c1[nH]c2c(-c3nnc(COc4ccccc4)o3)cccc2c(=O)c2ccccc12. The van der Waals surface area contributed by atoms with Crippen LogP contribution in [0.5, 0.6) is 5.75 Å². The van der Waals surface area contributed by atoms with Crippen molar-refractivity contribution < 1.29 is 9.15 Å². The zero-order valence-corrected chi connectivity index (χ0v) is 15.7. The molecule has 0 spiro atoms. The zero-order chi connectivity index (χ0) is 20.5. The van der Waals surface area contributed by atoms with Crippen molar-refractivity contribution >= 4 is 21.7 Å². The van der Waals surface area contributed by atoms with E-state index in [4.69, 9.17) is 9.15 Å². The Bertz CT molecular complexity index is 1490. The van der Waals surface area contributed by atoms with Crippen LogP contribution in [-0.4, -0.2) is 15.2 Å². The van der Waals surface area contributed by atoms with Crippen molar-refractivity contribution in [3.63, 3.8) is 0 Å². The quantitative estimate of drug-likeness (QED) is 0.497. The van der Waals surface area contributed by atoms with E-state index in [0.29, 0.717) is 33.0 Å². The summed E-state index contributed by atoms with van der Waals surface area (Å²) in [5.41, 5.74) is 0.216. The minimum Gasteiger partial charge on any atom is -0.484 e. The maximum atomic E-state index is 13.0. The molecule has 0 radical (unpaired) electrons. The van der Waals surface area contributed by atoms with E-state index in [1.165, 1.54) is 0 Å². The number of nitrogens with one attached hydrogen (secondary N) is 1. The molecule has 0 aliphatic carbocycles. The van der Waals surface area contributed by atoms with Crippen LogP contribution in [0.4, 0.5) is 0 Å². The third-order valence-corrected chi connectivity index (χ3v) is 4.77. The number of aromatic amines is 1. The fourth-order valence-corrected chi connectivity index (χ4v) is 3.34. The van der Waals surface area contributed by atoms with E-state index >= 15 is 0 Å². The third-order valence-electron chi connectivity index (χ3n) is 4.77. The van der Waals surface area contributed by atoms with Crippen LogP contribution in [0.1, 0.15) is 5.89 Å². The highest BCUT2D eigenvalue weighted by molar-refractivity contribution is 5.96. The number of fused-ring (bicyclic) bond motifs is 2. The first-order chi connectivity index (χ1) is 14.7. The van der Waals surface area contributed by atoms with Crippen LogP contribution in [0.25, 0.3) is 33.1 Å². The molecule has 7 nitrogen and oxygen atoms in total. The Balaban J connectivity index is 1.61. The van der Waals surface area contributed by atoms with E-state index in [9.17, 15) is 9.59 Å². The van der Waals surface area contributed by atoms with Crippen molar-refractivity contribution in [1.29, 1.82) is 0 Å². The standard InChI is InChI=1S/C23H15N3O4/c27-21-15-9-4-5-10-16(15)22(28)24-20-17(21)11-6-12-18(20)23-26-25-19(30-23)13-29-14-7-2-1-3-8-14/h1-12H,13H2,(H,24,28). The number of rotatable bonds is 4. The van der Waals surface area contributed by atoms with E-state index in [1.54, 1.807) is 42.5 Å². The molecule has 5 rings (SSSR count). The first-order valence-corrected chi connectivity index (χ1v) is 9.29. The summed E-state index contributed by atoms with van der Waals surface area (Å²) in [6.45, 7) is 0.1000. The first kappa shape index (κ1) is 17.8. The van der Waals surface area contributed by atoms with Gasteiger partial charge in [-0.2, -0.15) is 0 Å². The Morgan fingerprint density at radius 2 is 1.53 bits per heavy atom. The van der Waals surface area contributed by atoms with Crippen LogP contribution in [-0.2, 0) is 6.61 Å².